The standard InChI is InChI=1S/C18H22ClN5O5/c1-22-15-14(16(27)23(2)18(22)28)24(17(21-15)20-7-8-25)9-12(26)10-29-13-5-3-11(19)4-6-13/h3-6,12,25-26H,7-10H2,1-2H3,(H,20,21). The average molecular weight is 424 g/mol. The molecule has 2 aromatic heterocycles. The number of nitrogens with one attached hydrogen (secondary N) is 1. The maximum atomic E-state index is 12.7. The lowest BCUT2D eigenvalue weighted by atomic mass is 10.3. The second kappa shape index (κ2) is 8.68. The van der Waals surface area contributed by atoms with Crippen molar-refractivity contribution >= 4 is 28.7 Å². The molecule has 0 saturated heterocycles. The number of aliphatic hydroxyl groups is 2. The molecular formula is C18H22ClN5O5. The summed E-state index contributed by atoms with van der Waals surface area (Å²) in [4.78, 5) is 29.2. The molecule has 29 heavy (non-hydrogen) atoms. The zero-order chi connectivity index (χ0) is 21.1. The monoisotopic (exact) mass is 423 g/mol. The zero-order valence-electron chi connectivity index (χ0n) is 16.0. The van der Waals surface area contributed by atoms with Gasteiger partial charge in [0.2, 0.25) is 5.95 Å². The lowest BCUT2D eigenvalue weighted by molar-refractivity contribution is 0.0938. The molecule has 3 aromatic rings. The van der Waals surface area contributed by atoms with Crippen LogP contribution in [0.2, 0.25) is 5.02 Å². The predicted octanol–water partition coefficient (Wildman–Crippen LogP) is -0.0688. The Morgan fingerprint density at radius 2 is 1.90 bits per heavy atom. The SMILES string of the molecule is Cn1c(=O)c2c(nc(NCCO)n2CC(O)COc2ccc(Cl)cc2)n(C)c1=O. The van der Waals surface area contributed by atoms with Gasteiger partial charge in [-0.25, -0.2) is 4.79 Å². The van der Waals surface area contributed by atoms with E-state index in [-0.39, 0.29) is 43.4 Å². The van der Waals surface area contributed by atoms with Crippen LogP contribution in [0.15, 0.2) is 33.9 Å². The Kier molecular flexibility index (Phi) is 6.26. The first kappa shape index (κ1) is 20.9. The number of ether oxygens (including phenoxy) is 1. The van der Waals surface area contributed by atoms with Gasteiger partial charge in [0.05, 0.1) is 13.2 Å². The van der Waals surface area contributed by atoms with E-state index in [4.69, 9.17) is 21.4 Å². The number of aryl methyl sites for hydroxylation is 1. The molecule has 0 amide bonds. The van der Waals surface area contributed by atoms with E-state index in [2.05, 4.69) is 10.3 Å². The minimum absolute atomic E-state index is 0.00864. The first-order chi connectivity index (χ1) is 13.8. The van der Waals surface area contributed by atoms with E-state index in [1.165, 1.54) is 23.2 Å². The smallest absolute Gasteiger partial charge is 0.332 e. The van der Waals surface area contributed by atoms with Crippen molar-refractivity contribution in [2.24, 2.45) is 14.1 Å². The predicted molar refractivity (Wildman–Crippen MR) is 109 cm³/mol. The molecule has 156 valence electrons. The van der Waals surface area contributed by atoms with Crippen molar-refractivity contribution in [3.8, 4) is 5.75 Å². The van der Waals surface area contributed by atoms with Crippen LogP contribution in [0.25, 0.3) is 11.2 Å². The number of rotatable bonds is 8. The van der Waals surface area contributed by atoms with Gasteiger partial charge in [0, 0.05) is 25.7 Å². The first-order valence-corrected chi connectivity index (χ1v) is 9.28. The maximum absolute atomic E-state index is 12.7. The number of aromatic nitrogens is 4. The van der Waals surface area contributed by atoms with Crippen LogP contribution in [0.3, 0.4) is 0 Å². The minimum atomic E-state index is -0.973. The molecule has 0 saturated carbocycles. The van der Waals surface area contributed by atoms with Gasteiger partial charge in [-0.15, -0.1) is 0 Å². The summed E-state index contributed by atoms with van der Waals surface area (Å²) in [6.07, 6.45) is -0.973. The summed E-state index contributed by atoms with van der Waals surface area (Å²) < 4.78 is 9.29. The molecule has 0 spiro atoms. The van der Waals surface area contributed by atoms with E-state index in [1.54, 1.807) is 24.3 Å². The van der Waals surface area contributed by atoms with Crippen molar-refractivity contribution in [2.45, 2.75) is 12.6 Å². The van der Waals surface area contributed by atoms with Gasteiger partial charge in [-0.05, 0) is 24.3 Å². The Labute approximate surface area is 170 Å². The number of nitrogens with zero attached hydrogens (tertiary/aromatic N) is 4. The summed E-state index contributed by atoms with van der Waals surface area (Å²) in [7, 11) is 2.89. The summed E-state index contributed by atoms with van der Waals surface area (Å²) in [5.41, 5.74) is -0.684. The fourth-order valence-electron chi connectivity index (χ4n) is 2.91. The number of imidazole rings is 1. The summed E-state index contributed by atoms with van der Waals surface area (Å²) in [5.74, 6) is 0.804. The molecule has 0 bridgehead atoms. The quantitative estimate of drug-likeness (QED) is 0.463. The molecule has 3 N–H and O–H groups in total. The highest BCUT2D eigenvalue weighted by Gasteiger charge is 2.21. The summed E-state index contributed by atoms with van der Waals surface area (Å²) >= 11 is 5.84. The van der Waals surface area contributed by atoms with Gasteiger partial charge >= 0.3 is 5.69 Å². The number of halogens is 1. The van der Waals surface area contributed by atoms with Crippen molar-refractivity contribution in [1.82, 2.24) is 18.7 Å². The first-order valence-electron chi connectivity index (χ1n) is 8.91. The zero-order valence-corrected chi connectivity index (χ0v) is 16.8. The topological polar surface area (TPSA) is 124 Å². The summed E-state index contributed by atoms with van der Waals surface area (Å²) in [6, 6.07) is 6.71. The molecule has 0 aliphatic heterocycles. The number of fused-ring (bicyclic) bond motifs is 1. The van der Waals surface area contributed by atoms with Crippen molar-refractivity contribution in [2.75, 3.05) is 25.1 Å². The van der Waals surface area contributed by atoms with Gasteiger partial charge < -0.3 is 24.8 Å². The largest absolute Gasteiger partial charge is 0.491 e. The highest BCUT2D eigenvalue weighted by molar-refractivity contribution is 6.30. The molecule has 11 heteroatoms. The van der Waals surface area contributed by atoms with Gasteiger partial charge in [0.1, 0.15) is 18.5 Å². The van der Waals surface area contributed by atoms with Gasteiger partial charge in [-0.3, -0.25) is 13.9 Å². The van der Waals surface area contributed by atoms with Crippen LogP contribution in [0.4, 0.5) is 5.95 Å². The highest BCUT2D eigenvalue weighted by atomic mass is 35.5. The summed E-state index contributed by atoms with van der Waals surface area (Å²) in [6.45, 7) is -0.00451. The van der Waals surface area contributed by atoms with Gasteiger partial charge in [-0.1, -0.05) is 11.6 Å². The Balaban J connectivity index is 1.92. The fourth-order valence-corrected chi connectivity index (χ4v) is 3.04. The molecule has 0 fully saturated rings. The Morgan fingerprint density at radius 1 is 1.21 bits per heavy atom. The maximum Gasteiger partial charge on any atom is 0.332 e. The lowest BCUT2D eigenvalue weighted by Gasteiger charge is -2.16. The van der Waals surface area contributed by atoms with Crippen molar-refractivity contribution in [1.29, 1.82) is 0 Å². The molecular weight excluding hydrogens is 402 g/mol. The van der Waals surface area contributed by atoms with Crippen LogP contribution in [0.5, 0.6) is 5.75 Å². The van der Waals surface area contributed by atoms with Gasteiger partial charge in [0.15, 0.2) is 11.2 Å². The molecule has 2 heterocycles. The number of benzene rings is 1. The van der Waals surface area contributed by atoms with Crippen LogP contribution in [0.1, 0.15) is 0 Å². The van der Waals surface area contributed by atoms with Crippen LogP contribution in [-0.2, 0) is 20.6 Å². The Morgan fingerprint density at radius 3 is 2.55 bits per heavy atom. The van der Waals surface area contributed by atoms with E-state index >= 15 is 0 Å². The van der Waals surface area contributed by atoms with Crippen LogP contribution < -0.4 is 21.3 Å². The molecule has 1 aromatic carbocycles. The molecule has 1 atom stereocenters. The molecule has 10 nitrogen and oxygen atoms in total. The number of hydrogen-bond acceptors (Lipinski definition) is 7. The lowest BCUT2D eigenvalue weighted by Crippen LogP contribution is -2.38. The van der Waals surface area contributed by atoms with Crippen molar-refractivity contribution < 1.29 is 14.9 Å². The molecule has 0 radical (unpaired) electrons. The Hall–Kier alpha value is -2.82. The fraction of sp³-hybridized carbons (Fsp3) is 0.389. The summed E-state index contributed by atoms with van der Waals surface area (Å²) in [5, 5.41) is 23.1. The van der Waals surface area contributed by atoms with Gasteiger partial charge in [0.25, 0.3) is 5.56 Å². The third-order valence-corrected chi connectivity index (χ3v) is 4.64. The normalized spacial score (nSPS) is 12.3. The van der Waals surface area contributed by atoms with Gasteiger partial charge in [-0.2, -0.15) is 4.98 Å². The second-order valence-electron chi connectivity index (χ2n) is 6.49. The number of aliphatic hydroxyl groups excluding tert-OH is 2. The third kappa shape index (κ3) is 4.29. The van der Waals surface area contributed by atoms with Crippen molar-refractivity contribution in [3.63, 3.8) is 0 Å². The highest BCUT2D eigenvalue weighted by Crippen LogP contribution is 2.18. The van der Waals surface area contributed by atoms with Crippen LogP contribution >= 0.6 is 11.6 Å². The molecule has 0 aliphatic carbocycles. The van der Waals surface area contributed by atoms with Crippen LogP contribution in [0, 0.1) is 0 Å². The van der Waals surface area contributed by atoms with Crippen LogP contribution in [-0.4, -0.2) is 54.8 Å². The molecule has 3 rings (SSSR count). The Bertz CT molecular complexity index is 1120. The average Bonchev–Trinajstić information content (AvgIpc) is 3.07. The third-order valence-electron chi connectivity index (χ3n) is 4.39. The minimum Gasteiger partial charge on any atom is -0.491 e. The number of hydrogen-bond donors (Lipinski definition) is 3. The van der Waals surface area contributed by atoms with Crippen molar-refractivity contribution in [3.05, 3.63) is 50.1 Å². The molecule has 1 unspecified atom stereocenters. The van der Waals surface area contributed by atoms with E-state index in [1.807, 2.05) is 0 Å². The molecule has 0 aliphatic rings. The van der Waals surface area contributed by atoms with E-state index in [0.717, 1.165) is 4.57 Å². The van der Waals surface area contributed by atoms with E-state index < -0.39 is 17.4 Å². The van der Waals surface area contributed by atoms with E-state index in [0.29, 0.717) is 10.8 Å². The van der Waals surface area contributed by atoms with E-state index in [9.17, 15) is 14.7 Å². The number of anilines is 1. The second-order valence-corrected chi connectivity index (χ2v) is 6.93.